The van der Waals surface area contributed by atoms with Gasteiger partial charge in [-0.05, 0) is 13.0 Å². The first-order valence-corrected chi connectivity index (χ1v) is 12.3. The lowest BCUT2D eigenvalue weighted by Gasteiger charge is -2.28. The van der Waals surface area contributed by atoms with Gasteiger partial charge < -0.3 is 5.32 Å². The third-order valence-electron chi connectivity index (χ3n) is 4.97. The molecule has 33 heavy (non-hydrogen) atoms. The van der Waals surface area contributed by atoms with Crippen molar-refractivity contribution in [2.75, 3.05) is 29.3 Å². The zero-order chi connectivity index (χ0) is 24.3. The number of amides is 2. The molecule has 1 atom stereocenters. The second-order valence-electron chi connectivity index (χ2n) is 7.88. The molecule has 176 valence electrons. The van der Waals surface area contributed by atoms with Crippen LogP contribution in [0.25, 0.3) is 5.65 Å². The molecule has 0 aliphatic carbocycles. The number of pyridine rings is 1. The molecule has 0 spiro atoms. The number of halogens is 5. The Kier molecular flexibility index (Phi) is 5.49. The first-order chi connectivity index (χ1) is 15.2. The zero-order valence-corrected chi connectivity index (χ0v) is 19.6. The van der Waals surface area contributed by atoms with Crippen molar-refractivity contribution in [1.29, 1.82) is 0 Å². The number of rotatable bonds is 2. The fourth-order valence-electron chi connectivity index (χ4n) is 3.46. The fraction of sp³-hybridized carbons (Fsp3) is 0.333. The summed E-state index contributed by atoms with van der Waals surface area (Å²) in [6, 6.07) is 1.78. The van der Waals surface area contributed by atoms with E-state index in [1.54, 1.807) is 0 Å². The predicted molar refractivity (Wildman–Crippen MR) is 119 cm³/mol. The molecule has 0 saturated carbocycles. The summed E-state index contributed by atoms with van der Waals surface area (Å²) in [6.45, 7) is 0.272. The highest BCUT2D eigenvalue weighted by Crippen LogP contribution is 2.50. The largest absolute Gasteiger partial charge is 0.401 e. The minimum atomic E-state index is -4.70. The maximum atomic E-state index is 14.1. The Hall–Kier alpha value is -2.64. The average molecular weight is 522 g/mol. The number of nitrogens with zero attached hydrogens (tertiary/aromatic N) is 6. The molecule has 0 bridgehead atoms. The smallest absolute Gasteiger partial charge is 0.306 e. The number of nitrogens with one attached hydrogen (secondary N) is 1. The molecule has 1 aliphatic heterocycles. The predicted octanol–water partition coefficient (Wildman–Crippen LogP) is 4.66. The van der Waals surface area contributed by atoms with Crippen molar-refractivity contribution in [3.63, 3.8) is 0 Å². The molecule has 4 rings (SSSR count). The van der Waals surface area contributed by atoms with Crippen molar-refractivity contribution in [2.45, 2.75) is 18.5 Å². The Labute approximate surface area is 196 Å². The summed E-state index contributed by atoms with van der Waals surface area (Å²) in [7, 11) is -2.52. The topological polar surface area (TPSA) is 105 Å². The van der Waals surface area contributed by atoms with Gasteiger partial charge in [0.15, 0.2) is 16.6 Å². The summed E-state index contributed by atoms with van der Waals surface area (Å²) in [5.74, 6) is 0.0167. The summed E-state index contributed by atoms with van der Waals surface area (Å²) in [6.07, 6.45) is 0.487. The van der Waals surface area contributed by atoms with Crippen molar-refractivity contribution in [3.05, 3.63) is 40.4 Å². The van der Waals surface area contributed by atoms with E-state index in [1.165, 1.54) is 37.0 Å². The third-order valence-corrected chi connectivity index (χ3v) is 6.05. The van der Waals surface area contributed by atoms with Crippen LogP contribution < -0.4 is 10.2 Å². The van der Waals surface area contributed by atoms with E-state index < -0.39 is 33.9 Å². The van der Waals surface area contributed by atoms with Crippen LogP contribution in [-0.4, -0.2) is 55.1 Å². The van der Waals surface area contributed by atoms with Gasteiger partial charge in [0.05, 0.1) is 34.5 Å². The van der Waals surface area contributed by atoms with Crippen molar-refractivity contribution in [1.82, 2.24) is 19.6 Å². The number of alkyl halides is 3. The number of hydrogen-bond acceptors (Lipinski definition) is 6. The molecule has 1 N–H and O–H groups in total. The van der Waals surface area contributed by atoms with Gasteiger partial charge in [-0.2, -0.15) is 22.6 Å². The maximum Gasteiger partial charge on any atom is 0.401 e. The lowest BCUT2D eigenvalue weighted by atomic mass is 9.88. The van der Waals surface area contributed by atoms with Crippen LogP contribution in [0.15, 0.2) is 28.9 Å². The van der Waals surface area contributed by atoms with Gasteiger partial charge in [0.1, 0.15) is 5.41 Å². The van der Waals surface area contributed by atoms with E-state index in [0.29, 0.717) is 0 Å². The summed E-state index contributed by atoms with van der Waals surface area (Å²) in [5, 5.41) is 6.38. The number of carbonyl (C=O) groups excluding carboxylic acids is 1. The number of fused-ring (bicyclic) bond motifs is 3. The van der Waals surface area contributed by atoms with E-state index in [0.717, 1.165) is 16.3 Å². The van der Waals surface area contributed by atoms with Crippen LogP contribution in [0, 0.1) is 0 Å². The minimum absolute atomic E-state index is 0.0146. The number of carbonyl (C=O) groups is 1. The SMILES string of the molecule is C[C@@]1(C(F)(F)F)CN(C(=O)Nc2cnc(N=S(C)(C)=O)c(Cl)c2)c2cnc3cc(Cl)nn3c21. The lowest BCUT2D eigenvalue weighted by molar-refractivity contribution is -0.181. The highest BCUT2D eigenvalue weighted by Gasteiger charge is 2.60. The fourth-order valence-corrected chi connectivity index (χ4v) is 4.45. The molecule has 0 fully saturated rings. The van der Waals surface area contributed by atoms with E-state index in [-0.39, 0.29) is 38.7 Å². The quantitative estimate of drug-likeness (QED) is 0.527. The normalized spacial score (nSPS) is 18.5. The van der Waals surface area contributed by atoms with E-state index in [1.807, 2.05) is 0 Å². The van der Waals surface area contributed by atoms with Crippen molar-refractivity contribution in [3.8, 4) is 0 Å². The molecule has 0 aromatic carbocycles. The summed E-state index contributed by atoms with van der Waals surface area (Å²) in [5.41, 5.74) is -2.52. The molecule has 15 heteroatoms. The monoisotopic (exact) mass is 521 g/mol. The molecular weight excluding hydrogens is 506 g/mol. The highest BCUT2D eigenvalue weighted by molar-refractivity contribution is 7.92. The van der Waals surface area contributed by atoms with Gasteiger partial charge >= 0.3 is 12.2 Å². The van der Waals surface area contributed by atoms with Gasteiger partial charge in [0.25, 0.3) is 0 Å². The molecule has 1 aliphatic rings. The summed E-state index contributed by atoms with van der Waals surface area (Å²) in [4.78, 5) is 21.9. The molecule has 0 saturated heterocycles. The van der Waals surface area contributed by atoms with E-state index in [4.69, 9.17) is 23.2 Å². The Bertz CT molecular complexity index is 1410. The Morgan fingerprint density at radius 2 is 1.94 bits per heavy atom. The third kappa shape index (κ3) is 4.20. The second kappa shape index (κ2) is 7.71. The van der Waals surface area contributed by atoms with Crippen molar-refractivity contribution < 1.29 is 22.2 Å². The van der Waals surface area contributed by atoms with E-state index in [2.05, 4.69) is 24.7 Å². The maximum absolute atomic E-state index is 14.1. The number of hydrogen-bond donors (Lipinski definition) is 1. The minimum Gasteiger partial charge on any atom is -0.306 e. The van der Waals surface area contributed by atoms with Crippen molar-refractivity contribution >= 4 is 61.8 Å². The number of anilines is 2. The molecule has 3 aromatic heterocycles. The summed E-state index contributed by atoms with van der Waals surface area (Å²) < 4.78 is 59.2. The molecule has 9 nitrogen and oxygen atoms in total. The van der Waals surface area contributed by atoms with Gasteiger partial charge in [0, 0.05) is 34.9 Å². The standard InChI is InChI=1S/C18H16Cl2F3N7O2S/c1-17(18(21,22)23)8-29(11-7-24-13-5-12(20)27-30(13)14(11)17)16(31)26-9-4-10(19)15(25-6-9)28-33(2,3)32/h4-7H,8H2,1-3H3,(H,26,31)/t17-/m1/s1. The molecule has 2 amide bonds. The molecule has 0 radical (unpaired) electrons. The van der Waals surface area contributed by atoms with Crippen LogP contribution in [0.3, 0.4) is 0 Å². The van der Waals surface area contributed by atoms with E-state index >= 15 is 0 Å². The summed E-state index contributed by atoms with van der Waals surface area (Å²) >= 11 is 12.0. The van der Waals surface area contributed by atoms with Gasteiger partial charge in [-0.1, -0.05) is 23.2 Å². The van der Waals surface area contributed by atoms with Gasteiger partial charge in [-0.15, -0.1) is 0 Å². The van der Waals surface area contributed by atoms with Gasteiger partial charge in [-0.25, -0.2) is 23.5 Å². The zero-order valence-electron chi connectivity index (χ0n) is 17.3. The van der Waals surface area contributed by atoms with Gasteiger partial charge in [0.2, 0.25) is 0 Å². The highest BCUT2D eigenvalue weighted by atomic mass is 35.5. The van der Waals surface area contributed by atoms with Gasteiger partial charge in [-0.3, -0.25) is 4.90 Å². The van der Waals surface area contributed by atoms with Crippen LogP contribution in [0.2, 0.25) is 10.2 Å². The van der Waals surface area contributed by atoms with Crippen molar-refractivity contribution in [2.24, 2.45) is 4.36 Å². The van der Waals surface area contributed by atoms with Crippen LogP contribution in [0.5, 0.6) is 0 Å². The molecule has 3 aromatic rings. The lowest BCUT2D eigenvalue weighted by Crippen LogP contribution is -2.46. The molecular formula is C18H16Cl2F3N7O2S. The second-order valence-corrected chi connectivity index (χ2v) is 11.2. The number of aromatic nitrogens is 4. The first kappa shape index (κ1) is 23.5. The Morgan fingerprint density at radius 1 is 1.24 bits per heavy atom. The number of urea groups is 1. The Balaban J connectivity index is 1.73. The van der Waals surface area contributed by atoms with Crippen LogP contribution >= 0.6 is 23.2 Å². The van der Waals surface area contributed by atoms with Crippen LogP contribution in [0.4, 0.5) is 35.2 Å². The van der Waals surface area contributed by atoms with Crippen LogP contribution in [0.1, 0.15) is 12.6 Å². The Morgan fingerprint density at radius 3 is 2.55 bits per heavy atom. The van der Waals surface area contributed by atoms with Crippen LogP contribution in [-0.2, 0) is 15.1 Å². The first-order valence-electron chi connectivity index (χ1n) is 9.22. The molecule has 0 unspecified atom stereocenters. The average Bonchev–Trinajstić information content (AvgIpc) is 3.20. The van der Waals surface area contributed by atoms with E-state index in [9.17, 15) is 22.2 Å². The molecule has 4 heterocycles.